The van der Waals surface area contributed by atoms with Gasteiger partial charge in [0.2, 0.25) is 0 Å². The molecule has 1 aliphatic rings. The number of methoxy groups -OCH3 is 1. The first kappa shape index (κ1) is 22.1. The molecule has 25 heavy (non-hydrogen) atoms. The minimum absolute atomic E-state index is 0. The zero-order chi connectivity index (χ0) is 17.4. The molecule has 0 saturated heterocycles. The fraction of sp³-hybridized carbons (Fsp3) is 0.824. The fourth-order valence-corrected chi connectivity index (χ4v) is 2.94. The second-order valence-corrected chi connectivity index (χ2v) is 6.72. The van der Waals surface area contributed by atoms with E-state index >= 15 is 0 Å². The number of nitrogens with one attached hydrogen (secondary N) is 2. The molecular weight excluding hydrogens is 431 g/mol. The summed E-state index contributed by atoms with van der Waals surface area (Å²) in [5.74, 6) is 2.63. The third-order valence-electron chi connectivity index (χ3n) is 5.17. The molecule has 0 spiro atoms. The van der Waals surface area contributed by atoms with E-state index in [4.69, 9.17) is 9.73 Å². The summed E-state index contributed by atoms with van der Waals surface area (Å²) < 4.78 is 7.09. The van der Waals surface area contributed by atoms with Crippen molar-refractivity contribution in [3.63, 3.8) is 0 Å². The summed E-state index contributed by atoms with van der Waals surface area (Å²) >= 11 is 0. The van der Waals surface area contributed by atoms with Crippen molar-refractivity contribution in [2.45, 2.75) is 52.5 Å². The van der Waals surface area contributed by atoms with Crippen molar-refractivity contribution >= 4 is 29.9 Å². The van der Waals surface area contributed by atoms with E-state index in [2.05, 4.69) is 27.8 Å². The minimum atomic E-state index is 0. The Labute approximate surface area is 168 Å². The van der Waals surface area contributed by atoms with Crippen LogP contribution < -0.4 is 10.6 Å². The van der Waals surface area contributed by atoms with Crippen LogP contribution in [-0.2, 0) is 18.3 Å². The number of aromatic nitrogens is 3. The highest BCUT2D eigenvalue weighted by Crippen LogP contribution is 2.42. The third-order valence-corrected chi connectivity index (χ3v) is 5.17. The van der Waals surface area contributed by atoms with Gasteiger partial charge in [0.25, 0.3) is 0 Å². The number of aliphatic imine (C=N–C) groups is 1. The number of rotatable bonds is 9. The van der Waals surface area contributed by atoms with Crippen molar-refractivity contribution in [1.82, 2.24) is 25.4 Å². The maximum absolute atomic E-state index is 5.11. The lowest BCUT2D eigenvalue weighted by atomic mass is 9.67. The van der Waals surface area contributed by atoms with Gasteiger partial charge in [-0.15, -0.1) is 34.2 Å². The van der Waals surface area contributed by atoms with Crippen LogP contribution in [0.2, 0.25) is 0 Å². The lowest BCUT2D eigenvalue weighted by Crippen LogP contribution is -2.46. The van der Waals surface area contributed by atoms with Crippen LogP contribution in [0.15, 0.2) is 4.99 Å². The Bertz CT molecular complexity index is 536. The Hall–Kier alpha value is -0.900. The van der Waals surface area contributed by atoms with Crippen LogP contribution in [-0.4, -0.2) is 47.5 Å². The van der Waals surface area contributed by atoms with E-state index in [1.54, 1.807) is 7.11 Å². The topological polar surface area (TPSA) is 76.4 Å². The quantitative estimate of drug-likeness (QED) is 0.254. The van der Waals surface area contributed by atoms with Gasteiger partial charge in [-0.3, -0.25) is 0 Å². The molecule has 0 aromatic carbocycles. The Kier molecular flexibility index (Phi) is 9.70. The molecule has 1 saturated carbocycles. The largest absolute Gasteiger partial charge is 0.385 e. The molecule has 1 fully saturated rings. The van der Waals surface area contributed by atoms with Gasteiger partial charge in [-0.1, -0.05) is 13.3 Å². The molecule has 0 radical (unpaired) electrons. The molecule has 8 heteroatoms. The number of aryl methyl sites for hydroxylation is 1. The SMILES string of the molecule is CCC1(CNC(=NCc2nnc(C)n2C)NCCCOC)CCC1.I. The van der Waals surface area contributed by atoms with Crippen LogP contribution in [0.1, 0.15) is 50.7 Å². The van der Waals surface area contributed by atoms with Gasteiger partial charge in [0, 0.05) is 33.9 Å². The van der Waals surface area contributed by atoms with Crippen LogP contribution in [0.5, 0.6) is 0 Å². The maximum Gasteiger partial charge on any atom is 0.191 e. The first-order chi connectivity index (χ1) is 11.6. The summed E-state index contributed by atoms with van der Waals surface area (Å²) in [6.07, 6.45) is 6.16. The highest BCUT2D eigenvalue weighted by molar-refractivity contribution is 14.0. The zero-order valence-corrected chi connectivity index (χ0v) is 18.3. The molecule has 0 amide bonds. The van der Waals surface area contributed by atoms with Crippen molar-refractivity contribution in [3.8, 4) is 0 Å². The number of ether oxygens (including phenoxy) is 1. The lowest BCUT2D eigenvalue weighted by molar-refractivity contribution is 0.131. The molecule has 0 unspecified atom stereocenters. The van der Waals surface area contributed by atoms with Crippen LogP contribution in [0.25, 0.3) is 0 Å². The molecule has 1 aromatic rings. The van der Waals surface area contributed by atoms with Crippen molar-refractivity contribution in [2.24, 2.45) is 17.5 Å². The van der Waals surface area contributed by atoms with Crippen LogP contribution in [0.4, 0.5) is 0 Å². The van der Waals surface area contributed by atoms with Crippen molar-refractivity contribution in [3.05, 3.63) is 11.6 Å². The number of nitrogens with zero attached hydrogens (tertiary/aromatic N) is 4. The summed E-state index contributed by atoms with van der Waals surface area (Å²) in [5, 5.41) is 15.2. The highest BCUT2D eigenvalue weighted by Gasteiger charge is 2.34. The lowest BCUT2D eigenvalue weighted by Gasteiger charge is -2.41. The van der Waals surface area contributed by atoms with Crippen molar-refractivity contribution in [2.75, 3.05) is 26.8 Å². The van der Waals surface area contributed by atoms with Gasteiger partial charge in [-0.2, -0.15) is 0 Å². The van der Waals surface area contributed by atoms with E-state index in [0.29, 0.717) is 12.0 Å². The van der Waals surface area contributed by atoms with E-state index < -0.39 is 0 Å². The first-order valence-corrected chi connectivity index (χ1v) is 8.96. The zero-order valence-electron chi connectivity index (χ0n) is 16.0. The molecule has 0 bridgehead atoms. The molecule has 1 aliphatic carbocycles. The normalized spacial score (nSPS) is 16.1. The van der Waals surface area contributed by atoms with Gasteiger partial charge in [0.15, 0.2) is 11.8 Å². The predicted molar refractivity (Wildman–Crippen MR) is 111 cm³/mol. The third kappa shape index (κ3) is 6.40. The molecule has 0 aliphatic heterocycles. The summed E-state index contributed by atoms with van der Waals surface area (Å²) in [5.41, 5.74) is 0.455. The maximum atomic E-state index is 5.11. The Morgan fingerprint density at radius 3 is 2.60 bits per heavy atom. The van der Waals surface area contributed by atoms with Crippen molar-refractivity contribution < 1.29 is 4.74 Å². The summed E-state index contributed by atoms with van der Waals surface area (Å²) in [7, 11) is 3.70. The molecule has 144 valence electrons. The Morgan fingerprint density at radius 2 is 2.08 bits per heavy atom. The van der Waals surface area contributed by atoms with E-state index in [0.717, 1.165) is 43.7 Å². The molecule has 7 nitrogen and oxygen atoms in total. The smallest absolute Gasteiger partial charge is 0.191 e. The van der Waals surface area contributed by atoms with Crippen LogP contribution in [0.3, 0.4) is 0 Å². The van der Waals surface area contributed by atoms with Gasteiger partial charge < -0.3 is 19.9 Å². The number of hydrogen-bond acceptors (Lipinski definition) is 4. The average Bonchev–Trinajstić information content (AvgIpc) is 2.87. The number of hydrogen-bond donors (Lipinski definition) is 2. The summed E-state index contributed by atoms with van der Waals surface area (Å²) in [6.45, 7) is 7.34. The van der Waals surface area contributed by atoms with Gasteiger partial charge in [-0.25, -0.2) is 4.99 Å². The van der Waals surface area contributed by atoms with Crippen molar-refractivity contribution in [1.29, 1.82) is 0 Å². The molecular formula is C17H33IN6O. The minimum Gasteiger partial charge on any atom is -0.385 e. The van der Waals surface area contributed by atoms with Gasteiger partial charge in [-0.05, 0) is 38.0 Å². The van der Waals surface area contributed by atoms with E-state index in [9.17, 15) is 0 Å². The number of guanidine groups is 1. The van der Waals surface area contributed by atoms with E-state index in [-0.39, 0.29) is 24.0 Å². The average molecular weight is 464 g/mol. The second-order valence-electron chi connectivity index (χ2n) is 6.72. The molecule has 2 N–H and O–H groups in total. The first-order valence-electron chi connectivity index (χ1n) is 8.96. The van der Waals surface area contributed by atoms with E-state index in [1.165, 1.54) is 25.7 Å². The molecule has 1 aromatic heterocycles. The molecule has 1 heterocycles. The monoisotopic (exact) mass is 464 g/mol. The summed E-state index contributed by atoms with van der Waals surface area (Å²) in [4.78, 5) is 4.69. The highest BCUT2D eigenvalue weighted by atomic mass is 127. The standard InChI is InChI=1S/C17H32N6O.HI/c1-5-17(8-6-9-17)13-20-16(18-10-7-11-24-4)19-12-15-22-21-14(2)23(15)3;/h5-13H2,1-4H3,(H2,18,19,20);1H. The Balaban J connectivity index is 0.00000312. The summed E-state index contributed by atoms with van der Waals surface area (Å²) in [6, 6.07) is 0. The molecule has 0 atom stereocenters. The van der Waals surface area contributed by atoms with Crippen LogP contribution in [0, 0.1) is 12.3 Å². The fourth-order valence-electron chi connectivity index (χ4n) is 2.94. The van der Waals surface area contributed by atoms with Gasteiger partial charge in [0.05, 0.1) is 0 Å². The predicted octanol–water partition coefficient (Wildman–Crippen LogP) is 2.39. The number of halogens is 1. The van der Waals surface area contributed by atoms with Crippen LogP contribution >= 0.6 is 24.0 Å². The van der Waals surface area contributed by atoms with E-state index in [1.807, 2.05) is 18.5 Å². The van der Waals surface area contributed by atoms with Gasteiger partial charge >= 0.3 is 0 Å². The van der Waals surface area contributed by atoms with Gasteiger partial charge in [0.1, 0.15) is 12.4 Å². The molecule has 2 rings (SSSR count). The Morgan fingerprint density at radius 1 is 1.32 bits per heavy atom. The second kappa shape index (κ2) is 10.9.